The van der Waals surface area contributed by atoms with E-state index >= 15 is 0 Å². The van der Waals surface area contributed by atoms with Crippen LogP contribution >= 0.6 is 46.4 Å². The molecule has 0 amide bonds. The van der Waals surface area contributed by atoms with Crippen LogP contribution in [0.4, 0.5) is 0 Å². The zero-order chi connectivity index (χ0) is 25.0. The smallest absolute Gasteiger partial charge is 0.156 e. The van der Waals surface area contributed by atoms with E-state index in [0.29, 0.717) is 56.6 Å². The highest BCUT2D eigenvalue weighted by Gasteiger charge is 2.28. The lowest BCUT2D eigenvalue weighted by molar-refractivity contribution is 0.218. The monoisotopic (exact) mass is 558 g/mol. The fourth-order valence-corrected chi connectivity index (χ4v) is 6.01. The van der Waals surface area contributed by atoms with Gasteiger partial charge in [-0.05, 0) is 74.2 Å². The van der Waals surface area contributed by atoms with Crippen molar-refractivity contribution < 1.29 is 9.47 Å². The van der Waals surface area contributed by atoms with E-state index in [0.717, 1.165) is 63.0 Å². The van der Waals surface area contributed by atoms with Crippen molar-refractivity contribution in [3.8, 4) is 11.5 Å². The van der Waals surface area contributed by atoms with Gasteiger partial charge in [0.05, 0.1) is 33.3 Å². The van der Waals surface area contributed by atoms with Gasteiger partial charge in [-0.25, -0.2) is 0 Å². The summed E-state index contributed by atoms with van der Waals surface area (Å²) in [6.45, 7) is 9.44. The Morgan fingerprint density at radius 3 is 1.40 bits per heavy atom. The van der Waals surface area contributed by atoms with Gasteiger partial charge in [0, 0.05) is 30.3 Å². The van der Waals surface area contributed by atoms with Crippen molar-refractivity contribution >= 4 is 46.4 Å². The number of ether oxygens (including phenoxy) is 2. The van der Waals surface area contributed by atoms with Gasteiger partial charge in [0.25, 0.3) is 0 Å². The molecule has 2 heterocycles. The van der Waals surface area contributed by atoms with E-state index in [2.05, 4.69) is 24.5 Å². The van der Waals surface area contributed by atoms with Crippen molar-refractivity contribution in [1.82, 2.24) is 10.6 Å². The van der Waals surface area contributed by atoms with Crippen LogP contribution in [0.2, 0.25) is 20.1 Å². The Balaban J connectivity index is 1.49. The molecule has 2 unspecified atom stereocenters. The van der Waals surface area contributed by atoms with Crippen molar-refractivity contribution in [3.05, 3.63) is 55.5 Å². The molecular weight excluding hydrogens is 526 g/mol. The molecule has 192 valence electrons. The first kappa shape index (κ1) is 27.2. The molecule has 35 heavy (non-hydrogen) atoms. The third-order valence-electron chi connectivity index (χ3n) is 7.16. The summed E-state index contributed by atoms with van der Waals surface area (Å²) in [5.41, 5.74) is 1.46. The lowest BCUT2D eigenvalue weighted by atomic mass is 9.78. The minimum atomic E-state index is -0.446. The number of halogens is 4. The Labute approximate surface area is 228 Å². The van der Waals surface area contributed by atoms with Crippen LogP contribution < -0.4 is 20.1 Å². The molecule has 2 aliphatic rings. The minimum absolute atomic E-state index is 0.446. The van der Waals surface area contributed by atoms with Gasteiger partial charge in [-0.15, -0.1) is 0 Å². The first-order valence-corrected chi connectivity index (χ1v) is 13.9. The summed E-state index contributed by atoms with van der Waals surface area (Å²) in [5.74, 6) is 2.00. The van der Waals surface area contributed by atoms with Gasteiger partial charge in [0.15, 0.2) is 11.5 Å². The third kappa shape index (κ3) is 6.71. The summed E-state index contributed by atoms with van der Waals surface area (Å²) in [7, 11) is 0. The zero-order valence-electron chi connectivity index (χ0n) is 20.4. The van der Waals surface area contributed by atoms with Crippen LogP contribution in [0.25, 0.3) is 0 Å². The van der Waals surface area contributed by atoms with Crippen molar-refractivity contribution in [2.24, 2.45) is 11.8 Å². The Hall–Kier alpha value is -0.880. The van der Waals surface area contributed by atoms with Gasteiger partial charge >= 0.3 is 0 Å². The molecule has 4 nitrogen and oxygen atoms in total. The molecule has 0 spiro atoms. The predicted molar refractivity (Wildman–Crippen MR) is 147 cm³/mol. The summed E-state index contributed by atoms with van der Waals surface area (Å²) in [5, 5.41) is 8.82. The minimum Gasteiger partial charge on any atom is -0.490 e. The maximum absolute atomic E-state index is 6.65. The Kier molecular flexibility index (Phi) is 9.40. The normalized spacial score (nSPS) is 21.1. The van der Waals surface area contributed by atoms with Crippen LogP contribution in [0.1, 0.15) is 50.7 Å². The molecule has 2 atom stereocenters. The average molecular weight is 560 g/mol. The summed E-state index contributed by atoms with van der Waals surface area (Å²) >= 11 is 26.6. The molecule has 4 rings (SSSR count). The van der Waals surface area contributed by atoms with Gasteiger partial charge in [-0.1, -0.05) is 60.3 Å². The molecule has 0 aromatic heterocycles. The molecule has 2 aromatic carbocycles. The SMILES string of the molecule is CC(C)(c1cc(Cl)c(OCC2CCCNC2)c(Cl)c1)c1cc(Cl)c(OCC2CCCNC2)c(Cl)c1. The number of nitrogens with one attached hydrogen (secondary N) is 2. The maximum atomic E-state index is 6.65. The summed E-state index contributed by atoms with van der Waals surface area (Å²) in [6, 6.07) is 7.68. The number of benzene rings is 2. The van der Waals surface area contributed by atoms with Gasteiger partial charge in [-0.2, -0.15) is 0 Å². The summed E-state index contributed by atoms with van der Waals surface area (Å²) in [6.07, 6.45) is 4.61. The fourth-order valence-electron chi connectivity index (χ4n) is 4.82. The number of hydrogen-bond donors (Lipinski definition) is 2. The first-order chi connectivity index (χ1) is 16.8. The van der Waals surface area contributed by atoms with Crippen LogP contribution in [0, 0.1) is 11.8 Å². The third-order valence-corrected chi connectivity index (χ3v) is 8.29. The second kappa shape index (κ2) is 12.1. The van der Waals surface area contributed by atoms with Gasteiger partial charge < -0.3 is 20.1 Å². The first-order valence-electron chi connectivity index (χ1n) is 12.4. The van der Waals surface area contributed by atoms with E-state index in [4.69, 9.17) is 55.9 Å². The Morgan fingerprint density at radius 1 is 0.714 bits per heavy atom. The van der Waals surface area contributed by atoms with Crippen LogP contribution in [0.3, 0.4) is 0 Å². The van der Waals surface area contributed by atoms with Crippen LogP contribution in [-0.2, 0) is 5.41 Å². The highest BCUT2D eigenvalue weighted by molar-refractivity contribution is 6.38. The summed E-state index contributed by atoms with van der Waals surface area (Å²) < 4.78 is 12.1. The van der Waals surface area contributed by atoms with Crippen molar-refractivity contribution in [1.29, 1.82) is 0 Å². The van der Waals surface area contributed by atoms with Gasteiger partial charge in [0.2, 0.25) is 0 Å². The summed E-state index contributed by atoms with van der Waals surface area (Å²) in [4.78, 5) is 0. The molecule has 2 fully saturated rings. The second-order valence-corrected chi connectivity index (χ2v) is 11.8. The average Bonchev–Trinajstić information content (AvgIpc) is 2.84. The number of rotatable bonds is 8. The molecule has 8 heteroatoms. The van der Waals surface area contributed by atoms with E-state index in [-0.39, 0.29) is 0 Å². The quantitative estimate of drug-likeness (QED) is 0.354. The predicted octanol–water partition coefficient (Wildman–Crippen LogP) is 7.38. The lowest BCUT2D eigenvalue weighted by Crippen LogP contribution is -2.33. The number of piperidine rings is 2. The highest BCUT2D eigenvalue weighted by Crippen LogP contribution is 2.44. The van der Waals surface area contributed by atoms with E-state index in [1.807, 2.05) is 24.3 Å². The van der Waals surface area contributed by atoms with E-state index in [1.54, 1.807) is 0 Å². The number of hydrogen-bond acceptors (Lipinski definition) is 4. The van der Waals surface area contributed by atoms with Gasteiger partial charge in [-0.3, -0.25) is 0 Å². The molecule has 0 radical (unpaired) electrons. The molecular formula is C27H34Cl4N2O2. The van der Waals surface area contributed by atoms with Crippen LogP contribution in [0.15, 0.2) is 24.3 Å². The lowest BCUT2D eigenvalue weighted by Gasteiger charge is -2.29. The second-order valence-electron chi connectivity index (χ2n) is 10.2. The van der Waals surface area contributed by atoms with Crippen LogP contribution in [-0.4, -0.2) is 39.4 Å². The fraction of sp³-hybridized carbons (Fsp3) is 0.556. The largest absolute Gasteiger partial charge is 0.490 e. The van der Waals surface area contributed by atoms with Crippen molar-refractivity contribution in [2.45, 2.75) is 44.9 Å². The standard InChI is InChI=1S/C27H34Cl4N2O2/c1-27(2,19-9-21(28)25(22(29)10-19)34-15-17-5-3-7-32-13-17)20-11-23(30)26(24(31)12-20)35-16-18-6-4-8-33-14-18/h9-12,17-18,32-33H,3-8,13-16H2,1-2H3. The molecule has 2 saturated heterocycles. The zero-order valence-corrected chi connectivity index (χ0v) is 23.4. The van der Waals surface area contributed by atoms with E-state index in [9.17, 15) is 0 Å². The molecule has 2 aliphatic heterocycles. The molecule has 2 N–H and O–H groups in total. The Morgan fingerprint density at radius 2 is 1.09 bits per heavy atom. The van der Waals surface area contributed by atoms with Gasteiger partial charge in [0.1, 0.15) is 0 Å². The van der Waals surface area contributed by atoms with Crippen molar-refractivity contribution in [3.63, 3.8) is 0 Å². The Bertz CT molecular complexity index is 893. The molecule has 0 saturated carbocycles. The van der Waals surface area contributed by atoms with E-state index in [1.165, 1.54) is 0 Å². The topological polar surface area (TPSA) is 42.5 Å². The highest BCUT2D eigenvalue weighted by atomic mass is 35.5. The molecule has 0 bridgehead atoms. The maximum Gasteiger partial charge on any atom is 0.156 e. The molecule has 2 aromatic rings. The molecule has 0 aliphatic carbocycles. The van der Waals surface area contributed by atoms with Crippen molar-refractivity contribution in [2.75, 3.05) is 39.4 Å². The van der Waals surface area contributed by atoms with Crippen LogP contribution in [0.5, 0.6) is 11.5 Å². The van der Waals surface area contributed by atoms with E-state index < -0.39 is 5.41 Å².